The highest BCUT2D eigenvalue weighted by atomic mass is 16.6. The third kappa shape index (κ3) is 3.70. The van der Waals surface area contributed by atoms with E-state index in [1.807, 2.05) is 20.8 Å². The number of carbonyl (C=O) groups is 1. The van der Waals surface area contributed by atoms with E-state index in [1.165, 1.54) is 0 Å². The molecule has 1 aromatic rings. The summed E-state index contributed by atoms with van der Waals surface area (Å²) in [5, 5.41) is 7.70. The molecule has 1 saturated heterocycles. The van der Waals surface area contributed by atoms with Crippen LogP contribution in [0.2, 0.25) is 0 Å². The summed E-state index contributed by atoms with van der Waals surface area (Å²) in [5.41, 5.74) is 6.48. The van der Waals surface area contributed by atoms with E-state index >= 15 is 0 Å². The Kier molecular flexibility index (Phi) is 4.48. The highest BCUT2D eigenvalue weighted by molar-refractivity contribution is 5.68. The van der Waals surface area contributed by atoms with Gasteiger partial charge in [0.1, 0.15) is 5.60 Å². The molecule has 2 N–H and O–H groups in total. The van der Waals surface area contributed by atoms with Gasteiger partial charge in [0.05, 0.1) is 37.2 Å². The van der Waals surface area contributed by atoms with E-state index in [2.05, 4.69) is 10.3 Å². The lowest BCUT2D eigenvalue weighted by Gasteiger charge is -2.39. The highest BCUT2D eigenvalue weighted by Crippen LogP contribution is 2.22. The number of morpholine rings is 1. The van der Waals surface area contributed by atoms with E-state index in [1.54, 1.807) is 22.8 Å². The fourth-order valence-corrected chi connectivity index (χ4v) is 2.26. The van der Waals surface area contributed by atoms with Crippen LogP contribution in [0.3, 0.4) is 0 Å². The summed E-state index contributed by atoms with van der Waals surface area (Å²) in [7, 11) is 1.77. The molecule has 1 amide bonds. The normalized spacial score (nSPS) is 21.2. The summed E-state index contributed by atoms with van der Waals surface area (Å²) in [6.07, 6.45) is 1.23. The van der Waals surface area contributed by atoms with Gasteiger partial charge in [-0.2, -0.15) is 0 Å². The molecule has 8 heteroatoms. The molecular formula is C13H23N5O3. The van der Waals surface area contributed by atoms with Crippen LogP contribution >= 0.6 is 0 Å². The van der Waals surface area contributed by atoms with E-state index in [0.29, 0.717) is 19.8 Å². The van der Waals surface area contributed by atoms with E-state index in [9.17, 15) is 4.79 Å². The van der Waals surface area contributed by atoms with Crippen LogP contribution in [0.5, 0.6) is 0 Å². The minimum atomic E-state index is -0.544. The lowest BCUT2D eigenvalue weighted by atomic mass is 10.0. The van der Waals surface area contributed by atoms with Crippen LogP contribution in [-0.2, 0) is 16.5 Å². The number of hydrogen-bond acceptors (Lipinski definition) is 6. The van der Waals surface area contributed by atoms with Crippen LogP contribution in [0.15, 0.2) is 6.20 Å². The number of aryl methyl sites for hydroxylation is 1. The molecule has 0 spiro atoms. The minimum absolute atomic E-state index is 0.300. The molecule has 0 aliphatic carbocycles. The van der Waals surface area contributed by atoms with Crippen molar-refractivity contribution in [2.24, 2.45) is 12.8 Å². The highest BCUT2D eigenvalue weighted by Gasteiger charge is 2.36. The number of nitrogens with two attached hydrogens (primary N) is 1. The average Bonchev–Trinajstić information content (AvgIpc) is 2.82. The topological polar surface area (TPSA) is 95.5 Å². The summed E-state index contributed by atoms with van der Waals surface area (Å²) in [6.45, 7) is 6.82. The van der Waals surface area contributed by atoms with Crippen molar-refractivity contribution in [1.82, 2.24) is 19.9 Å². The number of amides is 1. The van der Waals surface area contributed by atoms with Crippen LogP contribution in [0.25, 0.3) is 0 Å². The van der Waals surface area contributed by atoms with Gasteiger partial charge in [-0.05, 0) is 20.8 Å². The van der Waals surface area contributed by atoms with Crippen molar-refractivity contribution in [3.63, 3.8) is 0 Å². The molecular weight excluding hydrogens is 274 g/mol. The van der Waals surface area contributed by atoms with Gasteiger partial charge in [-0.1, -0.05) is 5.21 Å². The number of carbonyl (C=O) groups excluding carboxylic acids is 1. The second-order valence-corrected chi connectivity index (χ2v) is 6.12. The number of hydrogen-bond donors (Lipinski definition) is 1. The van der Waals surface area contributed by atoms with Crippen LogP contribution in [0.1, 0.15) is 32.5 Å². The third-order valence-corrected chi connectivity index (χ3v) is 3.30. The Morgan fingerprint density at radius 3 is 2.86 bits per heavy atom. The first-order chi connectivity index (χ1) is 9.79. The van der Waals surface area contributed by atoms with Crippen molar-refractivity contribution in [1.29, 1.82) is 0 Å². The van der Waals surface area contributed by atoms with Gasteiger partial charge in [-0.3, -0.25) is 9.58 Å². The predicted molar refractivity (Wildman–Crippen MR) is 75.5 cm³/mol. The van der Waals surface area contributed by atoms with Crippen molar-refractivity contribution in [2.75, 3.05) is 19.8 Å². The molecule has 0 saturated carbocycles. The lowest BCUT2D eigenvalue weighted by Crippen LogP contribution is -2.54. The van der Waals surface area contributed by atoms with Gasteiger partial charge < -0.3 is 15.2 Å². The molecule has 1 fully saturated rings. The third-order valence-electron chi connectivity index (χ3n) is 3.30. The zero-order valence-electron chi connectivity index (χ0n) is 12.9. The second-order valence-electron chi connectivity index (χ2n) is 6.12. The SMILES string of the molecule is Cn1nncc1C(N)C1COCCN1C(=O)OC(C)(C)C. The zero-order valence-corrected chi connectivity index (χ0v) is 12.9. The first-order valence-electron chi connectivity index (χ1n) is 6.97. The fraction of sp³-hybridized carbons (Fsp3) is 0.769. The van der Waals surface area contributed by atoms with Gasteiger partial charge in [0.25, 0.3) is 0 Å². The minimum Gasteiger partial charge on any atom is -0.444 e. The maximum Gasteiger partial charge on any atom is 0.410 e. The van der Waals surface area contributed by atoms with Crippen molar-refractivity contribution in [2.45, 2.75) is 38.5 Å². The Balaban J connectivity index is 2.15. The molecule has 2 unspecified atom stereocenters. The largest absolute Gasteiger partial charge is 0.444 e. The van der Waals surface area contributed by atoms with E-state index in [4.69, 9.17) is 15.2 Å². The first kappa shape index (κ1) is 15.7. The van der Waals surface area contributed by atoms with E-state index in [-0.39, 0.29) is 12.1 Å². The first-order valence-corrected chi connectivity index (χ1v) is 6.97. The number of nitrogens with zero attached hydrogens (tertiary/aromatic N) is 4. The maximum absolute atomic E-state index is 12.3. The Morgan fingerprint density at radius 1 is 1.57 bits per heavy atom. The molecule has 2 atom stereocenters. The zero-order chi connectivity index (χ0) is 15.6. The molecule has 2 rings (SSSR count). The van der Waals surface area contributed by atoms with Gasteiger partial charge in [-0.15, -0.1) is 5.10 Å². The number of ether oxygens (including phenoxy) is 2. The van der Waals surface area contributed by atoms with Crippen molar-refractivity contribution < 1.29 is 14.3 Å². The van der Waals surface area contributed by atoms with Gasteiger partial charge in [0.15, 0.2) is 0 Å². The summed E-state index contributed by atoms with van der Waals surface area (Å²) in [4.78, 5) is 14.0. The lowest BCUT2D eigenvalue weighted by molar-refractivity contribution is -0.0387. The van der Waals surface area contributed by atoms with E-state index < -0.39 is 11.6 Å². The van der Waals surface area contributed by atoms with Crippen LogP contribution in [-0.4, -0.2) is 57.4 Å². The van der Waals surface area contributed by atoms with Crippen molar-refractivity contribution in [3.8, 4) is 0 Å². The van der Waals surface area contributed by atoms with Crippen LogP contribution in [0.4, 0.5) is 4.79 Å². The molecule has 1 aliphatic heterocycles. The van der Waals surface area contributed by atoms with Gasteiger partial charge in [-0.25, -0.2) is 4.79 Å². The Hall–Kier alpha value is -1.67. The second kappa shape index (κ2) is 5.98. The molecule has 2 heterocycles. The van der Waals surface area contributed by atoms with Crippen molar-refractivity contribution in [3.05, 3.63) is 11.9 Å². The number of rotatable bonds is 2. The molecule has 118 valence electrons. The fourth-order valence-electron chi connectivity index (χ4n) is 2.26. The summed E-state index contributed by atoms with van der Waals surface area (Å²) >= 11 is 0. The molecule has 0 bridgehead atoms. The standard InChI is InChI=1S/C13H23N5O3/c1-13(2,3)21-12(19)18-5-6-20-8-10(18)11(14)9-7-15-16-17(9)4/h7,10-11H,5-6,8,14H2,1-4H3. The molecule has 8 nitrogen and oxygen atoms in total. The Morgan fingerprint density at radius 2 is 2.29 bits per heavy atom. The average molecular weight is 297 g/mol. The van der Waals surface area contributed by atoms with Crippen molar-refractivity contribution >= 4 is 6.09 Å². The van der Waals surface area contributed by atoms with Crippen LogP contribution < -0.4 is 5.73 Å². The smallest absolute Gasteiger partial charge is 0.410 e. The Labute approximate surface area is 124 Å². The maximum atomic E-state index is 12.3. The monoisotopic (exact) mass is 297 g/mol. The predicted octanol–water partition coefficient (Wildman–Crippen LogP) is 0.451. The quantitative estimate of drug-likeness (QED) is 0.851. The van der Waals surface area contributed by atoms with Crippen LogP contribution in [0, 0.1) is 0 Å². The molecule has 21 heavy (non-hydrogen) atoms. The summed E-state index contributed by atoms with van der Waals surface area (Å²) < 4.78 is 12.5. The van der Waals surface area contributed by atoms with Gasteiger partial charge in [0.2, 0.25) is 0 Å². The van der Waals surface area contributed by atoms with Gasteiger partial charge in [0, 0.05) is 13.6 Å². The molecule has 0 radical (unpaired) electrons. The molecule has 1 aromatic heterocycles. The Bertz CT molecular complexity index is 496. The molecule has 1 aliphatic rings. The number of aromatic nitrogens is 3. The molecule has 0 aromatic carbocycles. The van der Waals surface area contributed by atoms with Gasteiger partial charge >= 0.3 is 6.09 Å². The summed E-state index contributed by atoms with van der Waals surface area (Å²) in [6, 6.07) is -0.733. The summed E-state index contributed by atoms with van der Waals surface area (Å²) in [5.74, 6) is 0. The van der Waals surface area contributed by atoms with E-state index in [0.717, 1.165) is 5.69 Å².